The highest BCUT2D eigenvalue weighted by Crippen LogP contribution is 2.32. The number of benzene rings is 1. The van der Waals surface area contributed by atoms with Crippen molar-refractivity contribution in [3.8, 4) is 5.75 Å². The first-order chi connectivity index (χ1) is 13.0. The van der Waals surface area contributed by atoms with Gasteiger partial charge in [0.2, 0.25) is 0 Å². The first-order valence-corrected chi connectivity index (χ1v) is 9.78. The molecule has 3 aromatic rings. The third-order valence-corrected chi connectivity index (χ3v) is 5.27. The molecular weight excluding hydrogens is 398 g/mol. The van der Waals surface area contributed by atoms with E-state index in [0.717, 1.165) is 35.5 Å². The molecular formula is C19H26ClN5O2S. The topological polar surface area (TPSA) is 63.5 Å². The van der Waals surface area contributed by atoms with Gasteiger partial charge in [0.1, 0.15) is 5.75 Å². The zero-order valence-corrected chi connectivity index (χ0v) is 18.2. The Morgan fingerprint density at radius 3 is 2.68 bits per heavy atom. The van der Waals surface area contributed by atoms with E-state index in [9.17, 15) is 4.79 Å². The summed E-state index contributed by atoms with van der Waals surface area (Å²) in [5.41, 5.74) is 1.30. The van der Waals surface area contributed by atoms with Crippen molar-refractivity contribution < 1.29 is 9.53 Å². The molecule has 1 aromatic carbocycles. The maximum absolute atomic E-state index is 13.1. The molecule has 0 saturated carbocycles. The molecule has 0 bridgehead atoms. The lowest BCUT2D eigenvalue weighted by Gasteiger charge is -2.20. The molecule has 2 heterocycles. The van der Waals surface area contributed by atoms with E-state index in [4.69, 9.17) is 4.74 Å². The van der Waals surface area contributed by atoms with Gasteiger partial charge in [0.05, 0.1) is 17.3 Å². The summed E-state index contributed by atoms with van der Waals surface area (Å²) < 4.78 is 8.05. The molecule has 0 saturated heterocycles. The van der Waals surface area contributed by atoms with Crippen LogP contribution in [0.2, 0.25) is 0 Å². The van der Waals surface area contributed by atoms with Gasteiger partial charge in [0, 0.05) is 19.3 Å². The molecule has 0 spiro atoms. The summed E-state index contributed by atoms with van der Waals surface area (Å²) in [6.45, 7) is 4.21. The number of ether oxygens (including phenoxy) is 1. The van der Waals surface area contributed by atoms with Crippen molar-refractivity contribution in [3.05, 3.63) is 36.2 Å². The first-order valence-electron chi connectivity index (χ1n) is 8.96. The number of carbonyl (C=O) groups is 1. The molecule has 0 unspecified atom stereocenters. The lowest BCUT2D eigenvalue weighted by atomic mass is 10.3. The molecule has 0 aliphatic carbocycles. The van der Waals surface area contributed by atoms with Crippen LogP contribution in [0.5, 0.6) is 5.75 Å². The van der Waals surface area contributed by atoms with Gasteiger partial charge in [-0.15, -0.1) is 12.4 Å². The molecule has 0 N–H and O–H groups in total. The second-order valence-electron chi connectivity index (χ2n) is 6.50. The fourth-order valence-electron chi connectivity index (χ4n) is 2.75. The standard InChI is InChI=1S/C19H25N5O2S.ClH/c1-5-23-12-9-16(21-23)18(25)24(11-6-10-22(2)3)19-20-15-8-7-14(26-4)13-17(15)27-19;/h7-9,12-13H,5-6,10-11H2,1-4H3;1H. The Morgan fingerprint density at radius 1 is 1.25 bits per heavy atom. The van der Waals surface area contributed by atoms with Gasteiger partial charge in [-0.3, -0.25) is 14.4 Å². The van der Waals surface area contributed by atoms with Gasteiger partial charge in [0.15, 0.2) is 10.8 Å². The van der Waals surface area contributed by atoms with Gasteiger partial charge in [-0.1, -0.05) is 11.3 Å². The highest BCUT2D eigenvalue weighted by molar-refractivity contribution is 7.22. The van der Waals surface area contributed by atoms with E-state index < -0.39 is 0 Å². The first kappa shape index (κ1) is 22.1. The molecule has 152 valence electrons. The van der Waals surface area contributed by atoms with Crippen molar-refractivity contribution in [1.29, 1.82) is 0 Å². The minimum atomic E-state index is -0.119. The third-order valence-electron chi connectivity index (χ3n) is 4.23. The van der Waals surface area contributed by atoms with Crippen LogP contribution in [0.25, 0.3) is 10.2 Å². The summed E-state index contributed by atoms with van der Waals surface area (Å²) in [5, 5.41) is 5.06. The number of rotatable bonds is 8. The Hall–Kier alpha value is -2.16. The van der Waals surface area contributed by atoms with Gasteiger partial charge < -0.3 is 9.64 Å². The normalized spacial score (nSPS) is 10.9. The minimum Gasteiger partial charge on any atom is -0.497 e. The molecule has 1 amide bonds. The number of thiazole rings is 1. The number of carbonyl (C=O) groups excluding carboxylic acids is 1. The summed E-state index contributed by atoms with van der Waals surface area (Å²) in [6.07, 6.45) is 2.68. The van der Waals surface area contributed by atoms with Crippen LogP contribution < -0.4 is 9.64 Å². The van der Waals surface area contributed by atoms with E-state index in [1.54, 1.807) is 22.8 Å². The molecule has 0 radical (unpaired) electrons. The maximum atomic E-state index is 13.1. The lowest BCUT2D eigenvalue weighted by molar-refractivity contribution is 0.0980. The van der Waals surface area contributed by atoms with Crippen molar-refractivity contribution in [1.82, 2.24) is 19.7 Å². The molecule has 3 rings (SSSR count). The largest absolute Gasteiger partial charge is 0.497 e. The number of hydrogen-bond donors (Lipinski definition) is 0. The summed E-state index contributed by atoms with van der Waals surface area (Å²) in [4.78, 5) is 21.7. The Balaban J connectivity index is 0.00000280. The van der Waals surface area contributed by atoms with E-state index in [2.05, 4.69) is 15.0 Å². The van der Waals surface area contributed by atoms with Gasteiger partial charge in [-0.05, 0) is 58.3 Å². The Morgan fingerprint density at radius 2 is 2.04 bits per heavy atom. The molecule has 7 nitrogen and oxygen atoms in total. The van der Waals surface area contributed by atoms with Crippen LogP contribution in [0.4, 0.5) is 5.13 Å². The lowest BCUT2D eigenvalue weighted by Crippen LogP contribution is -2.33. The second-order valence-corrected chi connectivity index (χ2v) is 7.51. The number of nitrogens with zero attached hydrogens (tertiary/aromatic N) is 5. The predicted octanol–water partition coefficient (Wildman–Crippen LogP) is 3.54. The highest BCUT2D eigenvalue weighted by Gasteiger charge is 2.23. The molecule has 9 heteroatoms. The fraction of sp³-hybridized carbons (Fsp3) is 0.421. The van der Waals surface area contributed by atoms with Crippen molar-refractivity contribution in [2.24, 2.45) is 0 Å². The zero-order chi connectivity index (χ0) is 19.4. The SMILES string of the molecule is CCn1ccc(C(=O)N(CCCN(C)C)c2nc3ccc(OC)cc3s2)n1.Cl. The van der Waals surface area contributed by atoms with Crippen molar-refractivity contribution in [2.45, 2.75) is 19.9 Å². The molecule has 0 aliphatic rings. The molecule has 2 aromatic heterocycles. The van der Waals surface area contributed by atoms with E-state index in [0.29, 0.717) is 17.4 Å². The summed E-state index contributed by atoms with van der Waals surface area (Å²) >= 11 is 1.50. The fourth-order valence-corrected chi connectivity index (χ4v) is 3.77. The van der Waals surface area contributed by atoms with Gasteiger partial charge in [-0.25, -0.2) is 4.98 Å². The Labute approximate surface area is 175 Å². The number of anilines is 1. The monoisotopic (exact) mass is 423 g/mol. The van der Waals surface area contributed by atoms with Crippen LogP contribution in [0.3, 0.4) is 0 Å². The Bertz CT molecular complexity index is 924. The maximum Gasteiger partial charge on any atom is 0.280 e. The van der Waals surface area contributed by atoms with E-state index in [-0.39, 0.29) is 18.3 Å². The van der Waals surface area contributed by atoms with Crippen LogP contribution in [-0.4, -0.2) is 59.9 Å². The third kappa shape index (κ3) is 5.01. The van der Waals surface area contributed by atoms with Gasteiger partial charge in [0.25, 0.3) is 5.91 Å². The summed E-state index contributed by atoms with van der Waals surface area (Å²) in [7, 11) is 5.70. The number of amides is 1. The quantitative estimate of drug-likeness (QED) is 0.554. The van der Waals surface area contributed by atoms with Crippen LogP contribution in [0.15, 0.2) is 30.5 Å². The van der Waals surface area contributed by atoms with Gasteiger partial charge in [-0.2, -0.15) is 5.10 Å². The second kappa shape index (κ2) is 9.86. The minimum absolute atomic E-state index is 0. The van der Waals surface area contributed by atoms with E-state index in [1.165, 1.54) is 11.3 Å². The number of fused-ring (bicyclic) bond motifs is 1. The molecule has 0 atom stereocenters. The molecule has 28 heavy (non-hydrogen) atoms. The Kier molecular flexibility index (Phi) is 7.79. The number of aryl methyl sites for hydroxylation is 1. The molecule has 0 fully saturated rings. The van der Waals surface area contributed by atoms with Crippen LogP contribution in [0, 0.1) is 0 Å². The number of hydrogen-bond acceptors (Lipinski definition) is 6. The summed E-state index contributed by atoms with van der Waals surface area (Å²) in [6, 6.07) is 7.52. The van der Waals surface area contributed by atoms with Crippen LogP contribution in [-0.2, 0) is 6.54 Å². The predicted molar refractivity (Wildman–Crippen MR) is 116 cm³/mol. The van der Waals surface area contributed by atoms with Crippen molar-refractivity contribution in [3.63, 3.8) is 0 Å². The number of halogens is 1. The van der Waals surface area contributed by atoms with Gasteiger partial charge >= 0.3 is 0 Å². The van der Waals surface area contributed by atoms with E-state index in [1.807, 2.05) is 45.4 Å². The smallest absolute Gasteiger partial charge is 0.280 e. The summed E-state index contributed by atoms with van der Waals surface area (Å²) in [5.74, 6) is 0.664. The highest BCUT2D eigenvalue weighted by atomic mass is 35.5. The van der Waals surface area contributed by atoms with Crippen molar-refractivity contribution >= 4 is 45.0 Å². The average molecular weight is 424 g/mol. The van der Waals surface area contributed by atoms with E-state index >= 15 is 0 Å². The molecule has 0 aliphatic heterocycles. The van der Waals surface area contributed by atoms with Crippen LogP contribution in [0.1, 0.15) is 23.8 Å². The number of methoxy groups -OCH3 is 1. The average Bonchev–Trinajstić information content (AvgIpc) is 3.30. The number of aromatic nitrogens is 3. The van der Waals surface area contributed by atoms with Crippen LogP contribution >= 0.6 is 23.7 Å². The zero-order valence-electron chi connectivity index (χ0n) is 16.6. The van der Waals surface area contributed by atoms with Crippen molar-refractivity contribution in [2.75, 3.05) is 39.2 Å².